The van der Waals surface area contributed by atoms with Gasteiger partial charge in [-0.2, -0.15) is 0 Å². The molecule has 0 saturated heterocycles. The van der Waals surface area contributed by atoms with Crippen LogP contribution in [0.25, 0.3) is 17.5 Å². The van der Waals surface area contributed by atoms with Crippen LogP contribution in [0.3, 0.4) is 0 Å². The number of nitrogens with zero attached hydrogens (tertiary/aromatic N) is 2. The number of carboxylic acid groups (broad SMARTS) is 1. The van der Waals surface area contributed by atoms with Crippen molar-refractivity contribution in [1.82, 2.24) is 10.2 Å². The summed E-state index contributed by atoms with van der Waals surface area (Å²) in [5.41, 5.74) is 1.31. The smallest absolute Gasteiger partial charge is 0.342 e. The average Bonchev–Trinajstić information content (AvgIpc) is 3.05. The van der Waals surface area contributed by atoms with Gasteiger partial charge in [0.25, 0.3) is 5.22 Å². The number of carbonyl (C=O) groups is 1. The summed E-state index contributed by atoms with van der Waals surface area (Å²) >= 11 is 6.68. The second-order valence-corrected chi connectivity index (χ2v) is 6.32. The Morgan fingerprint density at radius 3 is 2.40 bits per heavy atom. The summed E-state index contributed by atoms with van der Waals surface area (Å²) in [6, 6.07) is 13.0. The van der Waals surface area contributed by atoms with E-state index in [-0.39, 0.29) is 21.8 Å². The Morgan fingerprint density at radius 2 is 1.76 bits per heavy atom. The molecule has 0 radical (unpaired) electrons. The Hall–Kier alpha value is -2.77. The lowest BCUT2D eigenvalue weighted by atomic mass is 10.2. The minimum absolute atomic E-state index is 0.0111. The van der Waals surface area contributed by atoms with Crippen LogP contribution in [0.2, 0.25) is 5.02 Å². The van der Waals surface area contributed by atoms with Crippen LogP contribution < -0.4 is 0 Å². The normalized spacial score (nSPS) is 11.5. The van der Waals surface area contributed by atoms with Crippen LogP contribution in [0.5, 0.6) is 5.75 Å². The van der Waals surface area contributed by atoms with E-state index in [4.69, 9.17) is 16.0 Å². The molecule has 0 spiro atoms. The fourth-order valence-corrected chi connectivity index (χ4v) is 2.71. The summed E-state index contributed by atoms with van der Waals surface area (Å²) < 4.78 is 5.50. The number of benzene rings is 2. The number of phenolic OH excluding ortho intramolecular Hbond substituents is 1. The first kappa shape index (κ1) is 17.1. The number of rotatable bonds is 5. The fourth-order valence-electron chi connectivity index (χ4n) is 1.91. The zero-order chi connectivity index (χ0) is 17.8. The highest BCUT2D eigenvalue weighted by molar-refractivity contribution is 8.03. The minimum atomic E-state index is -1.12. The van der Waals surface area contributed by atoms with E-state index in [1.54, 1.807) is 36.4 Å². The van der Waals surface area contributed by atoms with Crippen molar-refractivity contribution in [2.45, 2.75) is 5.22 Å². The number of phenols is 1. The van der Waals surface area contributed by atoms with Crippen molar-refractivity contribution in [1.29, 1.82) is 0 Å². The molecule has 0 aliphatic carbocycles. The molecule has 2 aromatic carbocycles. The van der Waals surface area contributed by atoms with Gasteiger partial charge >= 0.3 is 5.97 Å². The molecule has 0 atom stereocenters. The maximum absolute atomic E-state index is 11.4. The molecule has 8 heteroatoms. The second-order valence-electron chi connectivity index (χ2n) is 4.89. The van der Waals surface area contributed by atoms with E-state index in [1.165, 1.54) is 18.2 Å². The van der Waals surface area contributed by atoms with Crippen molar-refractivity contribution in [3.05, 3.63) is 64.0 Å². The second kappa shape index (κ2) is 7.42. The Bertz CT molecular complexity index is 921. The van der Waals surface area contributed by atoms with Crippen molar-refractivity contribution in [3.8, 4) is 17.2 Å². The molecule has 3 rings (SSSR count). The predicted molar refractivity (Wildman–Crippen MR) is 94.3 cm³/mol. The third-order valence-corrected chi connectivity index (χ3v) is 4.20. The predicted octanol–water partition coefficient (Wildman–Crippen LogP) is 4.31. The van der Waals surface area contributed by atoms with Crippen molar-refractivity contribution < 1.29 is 19.4 Å². The fraction of sp³-hybridized carbons (Fsp3) is 0. The van der Waals surface area contributed by atoms with E-state index in [9.17, 15) is 15.0 Å². The Balaban J connectivity index is 1.82. The zero-order valence-electron chi connectivity index (χ0n) is 12.6. The topological polar surface area (TPSA) is 96.5 Å². The highest BCUT2D eigenvalue weighted by Crippen LogP contribution is 2.30. The molecule has 0 unspecified atom stereocenters. The van der Waals surface area contributed by atoms with Crippen LogP contribution >= 0.6 is 23.4 Å². The SMILES string of the molecule is O=C(O)/C(=C/c1ccc(O)cc1)Sc1nnc(-c2ccc(Cl)cc2)o1. The molecule has 3 aromatic rings. The van der Waals surface area contributed by atoms with Crippen LogP contribution in [0.1, 0.15) is 5.56 Å². The number of thioether (sulfide) groups is 1. The van der Waals surface area contributed by atoms with Gasteiger partial charge in [0.1, 0.15) is 10.7 Å². The summed E-state index contributed by atoms with van der Waals surface area (Å²) in [6.45, 7) is 0. The Labute approximate surface area is 151 Å². The monoisotopic (exact) mass is 374 g/mol. The third-order valence-electron chi connectivity index (χ3n) is 3.10. The van der Waals surface area contributed by atoms with Gasteiger partial charge in [-0.1, -0.05) is 23.7 Å². The van der Waals surface area contributed by atoms with Crippen molar-refractivity contribution >= 4 is 35.4 Å². The number of carboxylic acids is 1. The molecular formula is C17H11ClN2O4S. The average molecular weight is 375 g/mol. The summed E-state index contributed by atoms with van der Waals surface area (Å²) in [4.78, 5) is 11.5. The molecule has 2 N–H and O–H groups in total. The van der Waals surface area contributed by atoms with E-state index in [1.807, 2.05) is 0 Å². The molecule has 0 bridgehead atoms. The lowest BCUT2D eigenvalue weighted by Gasteiger charge is -1.99. The van der Waals surface area contributed by atoms with E-state index in [0.29, 0.717) is 16.1 Å². The third kappa shape index (κ3) is 4.40. The number of aliphatic carboxylic acids is 1. The summed E-state index contributed by atoms with van der Waals surface area (Å²) in [5, 5.41) is 27.1. The molecule has 0 fully saturated rings. The van der Waals surface area contributed by atoms with Crippen molar-refractivity contribution in [3.63, 3.8) is 0 Å². The van der Waals surface area contributed by atoms with Crippen LogP contribution in [0.4, 0.5) is 0 Å². The highest BCUT2D eigenvalue weighted by atomic mass is 35.5. The lowest BCUT2D eigenvalue weighted by Crippen LogP contribution is -1.96. The standard InChI is InChI=1S/C17H11ClN2O4S/c18-12-5-3-11(4-6-12)15-19-20-17(24-15)25-14(16(22)23)9-10-1-7-13(21)8-2-10/h1-9,21H,(H,22,23)/b14-9-. The van der Waals surface area contributed by atoms with Gasteiger partial charge in [0.05, 0.1) is 0 Å². The van der Waals surface area contributed by atoms with Gasteiger partial charge in [-0.3, -0.25) is 0 Å². The molecule has 0 saturated carbocycles. The van der Waals surface area contributed by atoms with Crippen LogP contribution in [0.15, 0.2) is 63.1 Å². The minimum Gasteiger partial charge on any atom is -0.508 e. The number of halogens is 1. The van der Waals surface area contributed by atoms with Crippen LogP contribution in [-0.4, -0.2) is 26.4 Å². The van der Waals surface area contributed by atoms with E-state index < -0.39 is 5.97 Å². The molecule has 1 aromatic heterocycles. The molecule has 126 valence electrons. The Morgan fingerprint density at radius 1 is 1.08 bits per heavy atom. The van der Waals surface area contributed by atoms with Gasteiger partial charge in [0, 0.05) is 10.6 Å². The van der Waals surface area contributed by atoms with E-state index in [0.717, 1.165) is 11.8 Å². The van der Waals surface area contributed by atoms with Crippen LogP contribution in [0, 0.1) is 0 Å². The Kier molecular flexibility index (Phi) is 5.06. The van der Waals surface area contributed by atoms with Gasteiger partial charge < -0.3 is 14.6 Å². The first-order valence-corrected chi connectivity index (χ1v) is 8.22. The quantitative estimate of drug-likeness (QED) is 0.507. The lowest BCUT2D eigenvalue weighted by molar-refractivity contribution is -0.131. The summed E-state index contributed by atoms with van der Waals surface area (Å²) in [6.07, 6.45) is 1.46. The number of aromatic nitrogens is 2. The molecule has 1 heterocycles. The summed E-state index contributed by atoms with van der Waals surface area (Å²) in [5.74, 6) is -0.746. The van der Waals surface area contributed by atoms with Gasteiger partial charge in [-0.15, -0.1) is 10.2 Å². The van der Waals surface area contributed by atoms with Gasteiger partial charge in [-0.05, 0) is 59.8 Å². The van der Waals surface area contributed by atoms with E-state index >= 15 is 0 Å². The van der Waals surface area contributed by atoms with Crippen LogP contribution in [-0.2, 0) is 4.79 Å². The summed E-state index contributed by atoms with van der Waals surface area (Å²) in [7, 11) is 0. The molecule has 0 amide bonds. The molecule has 0 aliphatic heterocycles. The van der Waals surface area contributed by atoms with Gasteiger partial charge in [-0.25, -0.2) is 4.79 Å². The number of aromatic hydroxyl groups is 1. The largest absolute Gasteiger partial charge is 0.508 e. The first-order valence-electron chi connectivity index (χ1n) is 7.02. The molecule has 25 heavy (non-hydrogen) atoms. The number of hydrogen-bond donors (Lipinski definition) is 2. The van der Waals surface area contributed by atoms with E-state index in [2.05, 4.69) is 10.2 Å². The van der Waals surface area contributed by atoms with Crippen molar-refractivity contribution in [2.75, 3.05) is 0 Å². The first-order chi connectivity index (χ1) is 12.0. The molecular weight excluding hydrogens is 364 g/mol. The number of hydrogen-bond acceptors (Lipinski definition) is 6. The zero-order valence-corrected chi connectivity index (χ0v) is 14.2. The maximum Gasteiger partial charge on any atom is 0.342 e. The highest BCUT2D eigenvalue weighted by Gasteiger charge is 2.16. The van der Waals surface area contributed by atoms with Gasteiger partial charge in [0.15, 0.2) is 0 Å². The molecule has 0 aliphatic rings. The van der Waals surface area contributed by atoms with Gasteiger partial charge in [0.2, 0.25) is 5.89 Å². The molecule has 6 nitrogen and oxygen atoms in total. The van der Waals surface area contributed by atoms with Crippen molar-refractivity contribution in [2.24, 2.45) is 0 Å². The maximum atomic E-state index is 11.4.